The number of hydrogen-bond acceptors (Lipinski definition) is 7. The summed E-state index contributed by atoms with van der Waals surface area (Å²) < 4.78 is 7.83. The van der Waals surface area contributed by atoms with E-state index < -0.39 is 0 Å². The van der Waals surface area contributed by atoms with Crippen LogP contribution in [-0.2, 0) is 19.0 Å². The molecular formula is C17H16ClN3O3S. The number of hydroxylamine groups is 1. The topological polar surface area (TPSA) is 84.3 Å². The second kappa shape index (κ2) is 9.22. The van der Waals surface area contributed by atoms with Gasteiger partial charge < -0.3 is 9.94 Å². The predicted molar refractivity (Wildman–Crippen MR) is 97.9 cm³/mol. The zero-order valence-electron chi connectivity index (χ0n) is 13.4. The van der Waals surface area contributed by atoms with Gasteiger partial charge in [-0.3, -0.25) is 4.98 Å². The molecule has 0 saturated heterocycles. The van der Waals surface area contributed by atoms with Gasteiger partial charge in [0.25, 0.3) is 0 Å². The summed E-state index contributed by atoms with van der Waals surface area (Å²) in [5.74, 6) is 0.222. The van der Waals surface area contributed by atoms with Crippen LogP contribution >= 0.6 is 11.6 Å². The third-order valence-corrected chi connectivity index (χ3v) is 3.71. The van der Waals surface area contributed by atoms with Crippen LogP contribution in [0.4, 0.5) is 0 Å². The first kappa shape index (κ1) is 19.0. The van der Waals surface area contributed by atoms with E-state index in [4.69, 9.17) is 20.6 Å². The molecule has 130 valence electrons. The molecule has 0 unspecified atom stereocenters. The van der Waals surface area contributed by atoms with Gasteiger partial charge in [-0.15, -0.1) is 0 Å². The zero-order valence-corrected chi connectivity index (χ0v) is 15.0. The summed E-state index contributed by atoms with van der Waals surface area (Å²) in [7, 11) is 0. The Bertz CT molecular complexity index is 849. The highest BCUT2D eigenvalue weighted by atomic mass is 35.5. The summed E-state index contributed by atoms with van der Waals surface area (Å²) in [6.07, 6.45) is 2.46. The van der Waals surface area contributed by atoms with Crippen molar-refractivity contribution in [3.8, 4) is 11.5 Å². The molecule has 0 saturated carbocycles. The van der Waals surface area contributed by atoms with Crippen LogP contribution in [0.2, 0.25) is 5.02 Å². The van der Waals surface area contributed by atoms with E-state index in [0.29, 0.717) is 28.9 Å². The van der Waals surface area contributed by atoms with Crippen LogP contribution in [0, 0.1) is 6.92 Å². The van der Waals surface area contributed by atoms with Crippen molar-refractivity contribution in [1.82, 2.24) is 15.4 Å². The number of aromatic hydroxyl groups is 1. The number of benzene rings is 1. The Kier molecular flexibility index (Phi) is 7.00. The van der Waals surface area contributed by atoms with Crippen molar-refractivity contribution in [1.29, 1.82) is 0 Å². The Morgan fingerprint density at radius 3 is 2.80 bits per heavy atom. The third kappa shape index (κ3) is 4.82. The molecule has 8 heteroatoms. The molecule has 3 aromatic rings. The summed E-state index contributed by atoms with van der Waals surface area (Å²) in [5, 5.41) is 11.5. The van der Waals surface area contributed by atoms with E-state index >= 15 is 0 Å². The lowest BCUT2D eigenvalue weighted by molar-refractivity contribution is 0.190. The van der Waals surface area contributed by atoms with Crippen LogP contribution < -0.4 is 10.3 Å². The number of rotatable bonds is 5. The monoisotopic (exact) mass is 377 g/mol. The van der Waals surface area contributed by atoms with Crippen LogP contribution in [-0.4, -0.2) is 25.8 Å². The molecule has 0 aliphatic rings. The van der Waals surface area contributed by atoms with Crippen LogP contribution in [0.3, 0.4) is 0 Å². The van der Waals surface area contributed by atoms with E-state index in [1.807, 2.05) is 37.3 Å². The molecule has 0 fully saturated rings. The van der Waals surface area contributed by atoms with Gasteiger partial charge >= 0.3 is 0 Å². The fourth-order valence-corrected chi connectivity index (χ4v) is 2.49. The van der Waals surface area contributed by atoms with E-state index in [1.54, 1.807) is 12.3 Å². The quantitative estimate of drug-likeness (QED) is 0.522. The van der Waals surface area contributed by atoms with E-state index in [-0.39, 0.29) is 11.5 Å². The normalized spacial score (nSPS) is 10.2. The van der Waals surface area contributed by atoms with Crippen molar-refractivity contribution in [2.75, 3.05) is 6.54 Å². The maximum atomic E-state index is 10.3. The van der Waals surface area contributed by atoms with Gasteiger partial charge in [-0.2, -0.15) is 9.69 Å². The minimum Gasteiger partial charge on any atom is -0.503 e. The van der Waals surface area contributed by atoms with Crippen molar-refractivity contribution < 1.29 is 14.2 Å². The highest BCUT2D eigenvalue weighted by Crippen LogP contribution is 2.37. The summed E-state index contributed by atoms with van der Waals surface area (Å²) in [6, 6.07) is 11.0. The van der Waals surface area contributed by atoms with E-state index in [1.165, 1.54) is 0 Å². The molecule has 2 N–H and O–H groups in total. The molecule has 0 radical (unpaired) electrons. The van der Waals surface area contributed by atoms with Gasteiger partial charge in [0.1, 0.15) is 5.52 Å². The van der Waals surface area contributed by atoms with Crippen molar-refractivity contribution in [3.05, 3.63) is 59.0 Å². The fourth-order valence-electron chi connectivity index (χ4n) is 2.24. The first-order chi connectivity index (χ1) is 12.1. The maximum Gasteiger partial charge on any atom is 0.197 e. The summed E-state index contributed by atoms with van der Waals surface area (Å²) in [6.45, 7) is 2.40. The lowest BCUT2D eigenvalue weighted by atomic mass is 10.2. The molecule has 0 amide bonds. The van der Waals surface area contributed by atoms with Gasteiger partial charge in [0, 0.05) is 42.0 Å². The standard InChI is InChI=1S/C17H16ClN3O2.OS/c1-11-5-6-13-14(18)10-15(17(22)16(13)21-11)23-20-9-7-12-4-2-3-8-19-12;1-2/h2-6,8,10,20,22H,7,9H2,1H3;. The van der Waals surface area contributed by atoms with Crippen molar-refractivity contribution in [2.24, 2.45) is 0 Å². The highest BCUT2D eigenvalue weighted by Gasteiger charge is 2.13. The molecule has 0 atom stereocenters. The smallest absolute Gasteiger partial charge is 0.197 e. The minimum absolute atomic E-state index is 0.0292. The Labute approximate surface area is 155 Å². The Balaban J connectivity index is 0.00000109. The number of pyridine rings is 2. The molecule has 0 spiro atoms. The summed E-state index contributed by atoms with van der Waals surface area (Å²) >= 11 is 9.06. The molecule has 0 bridgehead atoms. The largest absolute Gasteiger partial charge is 0.503 e. The predicted octanol–water partition coefficient (Wildman–Crippen LogP) is 3.09. The maximum absolute atomic E-state index is 10.3. The third-order valence-electron chi connectivity index (χ3n) is 3.40. The van der Waals surface area contributed by atoms with Crippen LogP contribution in [0.25, 0.3) is 10.9 Å². The number of hydrogen-bond donors (Lipinski definition) is 2. The number of fused-ring (bicyclic) bond motifs is 1. The molecule has 25 heavy (non-hydrogen) atoms. The number of phenolic OH excluding ortho intramolecular Hbond substituents is 1. The Morgan fingerprint density at radius 1 is 1.28 bits per heavy atom. The zero-order chi connectivity index (χ0) is 18.2. The molecular weight excluding hydrogens is 362 g/mol. The molecule has 0 aliphatic heterocycles. The molecule has 6 nitrogen and oxygen atoms in total. The fraction of sp³-hybridized carbons (Fsp3) is 0.176. The van der Waals surface area contributed by atoms with Gasteiger partial charge in [0.15, 0.2) is 24.0 Å². The first-order valence-corrected chi connectivity index (χ1v) is 8.11. The van der Waals surface area contributed by atoms with Crippen molar-refractivity contribution in [2.45, 2.75) is 13.3 Å². The number of aromatic nitrogens is 2. The van der Waals surface area contributed by atoms with Gasteiger partial charge in [-0.25, -0.2) is 4.98 Å². The molecule has 2 heterocycles. The van der Waals surface area contributed by atoms with Crippen LogP contribution in [0.5, 0.6) is 11.5 Å². The first-order valence-electron chi connectivity index (χ1n) is 7.40. The van der Waals surface area contributed by atoms with E-state index in [2.05, 4.69) is 28.0 Å². The Hall–Kier alpha value is -2.35. The molecule has 1 aromatic carbocycles. The van der Waals surface area contributed by atoms with E-state index in [9.17, 15) is 5.11 Å². The van der Waals surface area contributed by atoms with Gasteiger partial charge in [-0.1, -0.05) is 17.7 Å². The number of phenols is 1. The number of nitrogens with one attached hydrogen (secondary N) is 1. The average molecular weight is 378 g/mol. The Morgan fingerprint density at radius 2 is 2.08 bits per heavy atom. The molecule has 3 rings (SSSR count). The van der Waals surface area contributed by atoms with Crippen molar-refractivity contribution in [3.63, 3.8) is 0 Å². The number of nitrogens with zero attached hydrogens (tertiary/aromatic N) is 2. The van der Waals surface area contributed by atoms with E-state index in [0.717, 1.165) is 11.4 Å². The molecule has 2 aromatic heterocycles. The van der Waals surface area contributed by atoms with Gasteiger partial charge in [-0.05, 0) is 31.2 Å². The number of aryl methyl sites for hydroxylation is 1. The summed E-state index contributed by atoms with van der Waals surface area (Å²) in [5.41, 5.74) is 5.00. The average Bonchev–Trinajstić information content (AvgIpc) is 2.65. The van der Waals surface area contributed by atoms with Crippen LogP contribution in [0.15, 0.2) is 42.6 Å². The van der Waals surface area contributed by atoms with Crippen molar-refractivity contribution >= 4 is 35.0 Å². The van der Waals surface area contributed by atoms with Gasteiger partial charge in [0.2, 0.25) is 0 Å². The lowest BCUT2D eigenvalue weighted by Crippen LogP contribution is -2.21. The summed E-state index contributed by atoms with van der Waals surface area (Å²) in [4.78, 5) is 14.0. The second-order valence-electron chi connectivity index (χ2n) is 5.12. The van der Waals surface area contributed by atoms with Gasteiger partial charge in [0.05, 0.1) is 5.02 Å². The SMILES string of the molecule is Cc1ccc2c(Cl)cc(ONCCc3ccccn3)c(O)c2n1.O=S. The highest BCUT2D eigenvalue weighted by molar-refractivity contribution is 7.44. The number of halogens is 1. The lowest BCUT2D eigenvalue weighted by Gasteiger charge is -2.11. The minimum atomic E-state index is -0.0292. The second-order valence-corrected chi connectivity index (χ2v) is 5.53. The molecule has 0 aliphatic carbocycles. The van der Waals surface area contributed by atoms with Crippen LogP contribution in [0.1, 0.15) is 11.4 Å².